The number of oxime groups is 1. The summed E-state index contributed by atoms with van der Waals surface area (Å²) < 4.78 is 6.31. The van der Waals surface area contributed by atoms with E-state index in [0.717, 1.165) is 20.8 Å². The fourth-order valence-electron chi connectivity index (χ4n) is 2.37. The molecule has 0 radical (unpaired) electrons. The van der Waals surface area contributed by atoms with E-state index < -0.39 is 5.97 Å². The van der Waals surface area contributed by atoms with Crippen LogP contribution < -0.4 is 10.5 Å². The Kier molecular flexibility index (Phi) is 5.53. The van der Waals surface area contributed by atoms with Crippen molar-refractivity contribution in [1.29, 1.82) is 0 Å². The van der Waals surface area contributed by atoms with Crippen LogP contribution in [0.15, 0.2) is 70.3 Å². The molecule has 0 heterocycles. The molecule has 0 unspecified atom stereocenters. The molecule has 3 aromatic rings. The van der Waals surface area contributed by atoms with Gasteiger partial charge in [0.2, 0.25) is 0 Å². The third-order valence-corrected chi connectivity index (χ3v) is 4.58. The summed E-state index contributed by atoms with van der Waals surface area (Å²) in [6, 6.07) is 19.0. The normalized spacial score (nSPS) is 11.4. The minimum atomic E-state index is -0.639. The van der Waals surface area contributed by atoms with E-state index in [-0.39, 0.29) is 12.4 Å². The highest BCUT2D eigenvalue weighted by atomic mass is 79.9. The van der Waals surface area contributed by atoms with Crippen LogP contribution >= 0.6 is 15.9 Å². The van der Waals surface area contributed by atoms with E-state index in [2.05, 4.69) is 21.1 Å². The molecule has 2 N–H and O–H groups in total. The molecular weight excluding hydrogens is 396 g/mol. The predicted molar refractivity (Wildman–Crippen MR) is 105 cm³/mol. The van der Waals surface area contributed by atoms with Gasteiger partial charge in [-0.05, 0) is 39.7 Å². The Morgan fingerprint density at radius 1 is 1.08 bits per heavy atom. The number of halogens is 1. The first kappa shape index (κ1) is 17.9. The predicted octanol–water partition coefficient (Wildman–Crippen LogP) is 4.15. The van der Waals surface area contributed by atoms with Crippen molar-refractivity contribution in [3.63, 3.8) is 0 Å². The number of hydrogen-bond acceptors (Lipinski definition) is 4. The van der Waals surface area contributed by atoms with Crippen molar-refractivity contribution >= 4 is 38.5 Å². The summed E-state index contributed by atoms with van der Waals surface area (Å²) in [6.07, 6.45) is 0. The number of carbonyl (C=O) groups is 1. The lowest BCUT2D eigenvalue weighted by molar-refractivity contribution is -0.146. The van der Waals surface area contributed by atoms with Gasteiger partial charge in [0.15, 0.2) is 12.4 Å². The number of hydrogen-bond donors (Lipinski definition) is 1. The van der Waals surface area contributed by atoms with Gasteiger partial charge in [0.1, 0.15) is 5.75 Å². The molecule has 0 atom stereocenters. The molecule has 0 aliphatic heterocycles. The van der Waals surface area contributed by atoms with E-state index in [4.69, 9.17) is 15.3 Å². The van der Waals surface area contributed by atoms with Crippen LogP contribution in [0.5, 0.6) is 5.75 Å². The molecule has 0 aromatic heterocycles. The van der Waals surface area contributed by atoms with Crippen molar-refractivity contribution < 1.29 is 14.4 Å². The van der Waals surface area contributed by atoms with Crippen molar-refractivity contribution in [2.45, 2.75) is 6.92 Å². The highest BCUT2D eigenvalue weighted by Gasteiger charge is 2.10. The molecule has 3 rings (SSSR count). The molecule has 3 aromatic carbocycles. The highest BCUT2D eigenvalue weighted by Crippen LogP contribution is 2.32. The third-order valence-electron chi connectivity index (χ3n) is 3.77. The zero-order valence-electron chi connectivity index (χ0n) is 14.1. The summed E-state index contributed by atoms with van der Waals surface area (Å²) in [5.41, 5.74) is 7.60. The van der Waals surface area contributed by atoms with Crippen LogP contribution in [0.1, 0.15) is 11.1 Å². The van der Waals surface area contributed by atoms with Crippen LogP contribution in [-0.4, -0.2) is 18.4 Å². The van der Waals surface area contributed by atoms with Gasteiger partial charge in [-0.3, -0.25) is 0 Å². The number of nitrogens with two attached hydrogens (primary N) is 1. The van der Waals surface area contributed by atoms with Crippen LogP contribution in [-0.2, 0) is 9.63 Å². The van der Waals surface area contributed by atoms with E-state index >= 15 is 0 Å². The van der Waals surface area contributed by atoms with Crippen LogP contribution in [0.3, 0.4) is 0 Å². The van der Waals surface area contributed by atoms with Gasteiger partial charge in [-0.15, -0.1) is 0 Å². The van der Waals surface area contributed by atoms with Crippen LogP contribution in [0.25, 0.3) is 10.8 Å². The molecule has 0 saturated heterocycles. The number of carbonyl (C=O) groups excluding carboxylic acids is 1. The number of fused-ring (bicyclic) bond motifs is 1. The molecule has 0 amide bonds. The Balaban J connectivity index is 1.61. The van der Waals surface area contributed by atoms with E-state index in [1.165, 1.54) is 0 Å². The van der Waals surface area contributed by atoms with Gasteiger partial charge in [-0.25, -0.2) is 4.79 Å². The fourth-order valence-corrected chi connectivity index (χ4v) is 2.97. The Hall–Kier alpha value is -2.86. The van der Waals surface area contributed by atoms with Gasteiger partial charge in [-0.1, -0.05) is 65.3 Å². The van der Waals surface area contributed by atoms with Crippen molar-refractivity contribution in [1.82, 2.24) is 0 Å². The second-order valence-corrected chi connectivity index (χ2v) is 6.49. The van der Waals surface area contributed by atoms with E-state index in [1.54, 1.807) is 6.07 Å². The van der Waals surface area contributed by atoms with Crippen molar-refractivity contribution in [2.75, 3.05) is 6.61 Å². The molecule has 0 bridgehead atoms. The molecule has 132 valence electrons. The van der Waals surface area contributed by atoms with Gasteiger partial charge in [-0.2, -0.15) is 0 Å². The highest BCUT2D eigenvalue weighted by molar-refractivity contribution is 9.10. The SMILES string of the molecule is Cc1ccc(C(N)=NOC(=O)COc2ccc3ccccc3c2Br)cc1. The summed E-state index contributed by atoms with van der Waals surface area (Å²) in [7, 11) is 0. The average Bonchev–Trinajstić information content (AvgIpc) is 2.66. The van der Waals surface area contributed by atoms with Gasteiger partial charge in [0, 0.05) is 5.56 Å². The first-order valence-electron chi connectivity index (χ1n) is 7.95. The number of nitrogens with zero attached hydrogens (tertiary/aromatic N) is 1. The molecule has 0 fully saturated rings. The van der Waals surface area contributed by atoms with Crippen LogP contribution in [0, 0.1) is 6.92 Å². The summed E-state index contributed by atoms with van der Waals surface area (Å²) in [4.78, 5) is 16.7. The number of rotatable bonds is 5. The third kappa shape index (κ3) is 4.21. The number of ether oxygens (including phenoxy) is 1. The summed E-state index contributed by atoms with van der Waals surface area (Å²) in [5, 5.41) is 5.74. The molecule has 5 nitrogen and oxygen atoms in total. The Bertz CT molecular complexity index is 968. The first-order chi connectivity index (χ1) is 12.5. The lowest BCUT2D eigenvalue weighted by atomic mass is 10.1. The number of amidine groups is 1. The second kappa shape index (κ2) is 8.01. The molecule has 0 saturated carbocycles. The van der Waals surface area contributed by atoms with Crippen molar-refractivity contribution in [3.05, 3.63) is 76.3 Å². The molecular formula is C20H17BrN2O3. The maximum atomic E-state index is 11.9. The maximum Gasteiger partial charge on any atom is 0.372 e. The van der Waals surface area contributed by atoms with Crippen LogP contribution in [0.4, 0.5) is 0 Å². The summed E-state index contributed by atoms with van der Waals surface area (Å²) in [6.45, 7) is 1.70. The smallest absolute Gasteiger partial charge is 0.372 e. The lowest BCUT2D eigenvalue weighted by Gasteiger charge is -2.09. The van der Waals surface area contributed by atoms with Gasteiger partial charge in [0.05, 0.1) is 4.47 Å². The van der Waals surface area contributed by atoms with E-state index in [0.29, 0.717) is 11.3 Å². The average molecular weight is 413 g/mol. The van der Waals surface area contributed by atoms with Gasteiger partial charge < -0.3 is 15.3 Å². The second-order valence-electron chi connectivity index (χ2n) is 5.69. The molecule has 26 heavy (non-hydrogen) atoms. The van der Waals surface area contributed by atoms with Crippen LogP contribution in [0.2, 0.25) is 0 Å². The molecule has 0 aliphatic carbocycles. The topological polar surface area (TPSA) is 73.9 Å². The first-order valence-corrected chi connectivity index (χ1v) is 8.74. The number of benzene rings is 3. The van der Waals surface area contributed by atoms with Gasteiger partial charge >= 0.3 is 5.97 Å². The van der Waals surface area contributed by atoms with E-state index in [9.17, 15) is 4.79 Å². The monoisotopic (exact) mass is 412 g/mol. The largest absolute Gasteiger partial charge is 0.481 e. The van der Waals surface area contributed by atoms with Crippen molar-refractivity contribution in [3.8, 4) is 5.75 Å². The molecule has 0 aliphatic rings. The summed E-state index contributed by atoms with van der Waals surface area (Å²) in [5.74, 6) is 0.0430. The Morgan fingerprint density at radius 3 is 2.58 bits per heavy atom. The summed E-state index contributed by atoms with van der Waals surface area (Å²) >= 11 is 3.51. The number of aryl methyl sites for hydroxylation is 1. The van der Waals surface area contributed by atoms with E-state index in [1.807, 2.05) is 61.5 Å². The quantitative estimate of drug-likeness (QED) is 0.295. The fraction of sp³-hybridized carbons (Fsp3) is 0.100. The van der Waals surface area contributed by atoms with Gasteiger partial charge in [0.25, 0.3) is 0 Å². The zero-order valence-corrected chi connectivity index (χ0v) is 15.7. The maximum absolute atomic E-state index is 11.9. The zero-order chi connectivity index (χ0) is 18.5. The Labute approximate surface area is 159 Å². The minimum Gasteiger partial charge on any atom is -0.481 e. The Morgan fingerprint density at radius 2 is 1.81 bits per heavy atom. The minimum absolute atomic E-state index is 0.130. The molecule has 0 spiro atoms. The molecule has 6 heteroatoms. The van der Waals surface area contributed by atoms with Crippen molar-refractivity contribution in [2.24, 2.45) is 10.9 Å². The standard InChI is InChI=1S/C20H17BrN2O3/c1-13-6-8-15(9-7-13)20(22)23-26-18(24)12-25-17-11-10-14-4-2-3-5-16(14)19(17)21/h2-11H,12H2,1H3,(H2,22,23). The lowest BCUT2D eigenvalue weighted by Crippen LogP contribution is -2.18.